The molecule has 25 heavy (non-hydrogen) atoms. The van der Waals surface area contributed by atoms with Crippen LogP contribution in [0.4, 0.5) is 11.4 Å². The molecule has 2 amide bonds. The van der Waals surface area contributed by atoms with Gasteiger partial charge in [-0.15, -0.1) is 0 Å². The van der Waals surface area contributed by atoms with Crippen molar-refractivity contribution in [3.63, 3.8) is 0 Å². The van der Waals surface area contributed by atoms with Crippen molar-refractivity contribution in [3.05, 3.63) is 54.1 Å². The normalized spacial score (nSPS) is 10.2. The molecule has 0 saturated carbocycles. The second-order valence-electron chi connectivity index (χ2n) is 5.83. The van der Waals surface area contributed by atoms with E-state index >= 15 is 0 Å². The summed E-state index contributed by atoms with van der Waals surface area (Å²) in [5.41, 5.74) is 2.34. The lowest BCUT2D eigenvalue weighted by Gasteiger charge is -2.08. The van der Waals surface area contributed by atoms with Crippen molar-refractivity contribution in [3.8, 4) is 5.75 Å². The fourth-order valence-electron chi connectivity index (χ4n) is 2.27. The van der Waals surface area contributed by atoms with E-state index < -0.39 is 0 Å². The largest absolute Gasteiger partial charge is 0.494 e. The summed E-state index contributed by atoms with van der Waals surface area (Å²) in [5.74, 6) is 0.597. The van der Waals surface area contributed by atoms with Crippen molar-refractivity contribution >= 4 is 23.2 Å². The zero-order valence-electron chi connectivity index (χ0n) is 14.7. The van der Waals surface area contributed by atoms with Gasteiger partial charge in [-0.1, -0.05) is 25.5 Å². The van der Waals surface area contributed by atoms with E-state index in [1.165, 1.54) is 6.92 Å². The Morgan fingerprint density at radius 3 is 2.12 bits per heavy atom. The molecule has 0 radical (unpaired) electrons. The SMILES string of the molecule is CCCCOc1ccc(NC(=O)Cc2ccc(NC(C)=O)cc2)cc1. The van der Waals surface area contributed by atoms with Gasteiger partial charge in [-0.2, -0.15) is 0 Å². The molecular formula is C20H24N2O3. The summed E-state index contributed by atoms with van der Waals surface area (Å²) in [7, 11) is 0. The fraction of sp³-hybridized carbons (Fsp3) is 0.300. The van der Waals surface area contributed by atoms with E-state index in [0.29, 0.717) is 6.61 Å². The molecule has 0 unspecified atom stereocenters. The summed E-state index contributed by atoms with van der Waals surface area (Å²) < 4.78 is 5.60. The van der Waals surface area contributed by atoms with Crippen molar-refractivity contribution in [2.24, 2.45) is 0 Å². The van der Waals surface area contributed by atoms with E-state index in [-0.39, 0.29) is 18.2 Å². The second-order valence-corrected chi connectivity index (χ2v) is 5.83. The number of unbranched alkanes of at least 4 members (excludes halogenated alkanes) is 1. The first kappa shape index (κ1) is 18.5. The average molecular weight is 340 g/mol. The Balaban J connectivity index is 1.84. The van der Waals surface area contributed by atoms with E-state index in [1.54, 1.807) is 12.1 Å². The Morgan fingerprint density at radius 1 is 0.920 bits per heavy atom. The number of anilines is 2. The van der Waals surface area contributed by atoms with Crippen LogP contribution >= 0.6 is 0 Å². The van der Waals surface area contributed by atoms with Gasteiger partial charge >= 0.3 is 0 Å². The number of rotatable bonds is 8. The van der Waals surface area contributed by atoms with E-state index in [0.717, 1.165) is 35.5 Å². The van der Waals surface area contributed by atoms with Crippen molar-refractivity contribution in [1.29, 1.82) is 0 Å². The monoisotopic (exact) mass is 340 g/mol. The third-order valence-corrected chi connectivity index (χ3v) is 3.54. The van der Waals surface area contributed by atoms with Crippen LogP contribution in [-0.4, -0.2) is 18.4 Å². The predicted octanol–water partition coefficient (Wildman–Crippen LogP) is 4.01. The molecule has 132 valence electrons. The third kappa shape index (κ3) is 6.67. The quantitative estimate of drug-likeness (QED) is 0.714. The van der Waals surface area contributed by atoms with Gasteiger partial charge in [0, 0.05) is 18.3 Å². The van der Waals surface area contributed by atoms with Gasteiger partial charge in [0.2, 0.25) is 11.8 Å². The number of nitrogens with one attached hydrogen (secondary N) is 2. The number of carbonyl (C=O) groups is 2. The highest BCUT2D eigenvalue weighted by molar-refractivity contribution is 5.92. The maximum atomic E-state index is 12.1. The summed E-state index contributed by atoms with van der Waals surface area (Å²) in [6.07, 6.45) is 2.40. The summed E-state index contributed by atoms with van der Waals surface area (Å²) in [6, 6.07) is 14.6. The number of amides is 2. The van der Waals surface area contributed by atoms with Crippen LogP contribution in [0.3, 0.4) is 0 Å². The number of hydrogen-bond donors (Lipinski definition) is 2. The van der Waals surface area contributed by atoms with Crippen LogP contribution in [0, 0.1) is 0 Å². The van der Waals surface area contributed by atoms with Crippen LogP contribution in [0.2, 0.25) is 0 Å². The van der Waals surface area contributed by atoms with Gasteiger partial charge in [0.15, 0.2) is 0 Å². The zero-order chi connectivity index (χ0) is 18.1. The van der Waals surface area contributed by atoms with E-state index in [9.17, 15) is 9.59 Å². The van der Waals surface area contributed by atoms with Gasteiger partial charge in [0.25, 0.3) is 0 Å². The van der Waals surface area contributed by atoms with Crippen LogP contribution in [0.15, 0.2) is 48.5 Å². The topological polar surface area (TPSA) is 67.4 Å². The number of ether oxygens (including phenoxy) is 1. The molecule has 2 rings (SSSR count). The van der Waals surface area contributed by atoms with Gasteiger partial charge in [-0.05, 0) is 48.4 Å². The Kier molecular flexibility index (Phi) is 7.01. The Morgan fingerprint density at radius 2 is 1.52 bits per heavy atom. The van der Waals surface area contributed by atoms with Crippen molar-refractivity contribution in [2.75, 3.05) is 17.2 Å². The average Bonchev–Trinajstić information content (AvgIpc) is 2.58. The van der Waals surface area contributed by atoms with Crippen LogP contribution in [0.25, 0.3) is 0 Å². The van der Waals surface area contributed by atoms with Gasteiger partial charge in [0.05, 0.1) is 13.0 Å². The fourth-order valence-corrected chi connectivity index (χ4v) is 2.27. The van der Waals surface area contributed by atoms with Crippen LogP contribution in [0.1, 0.15) is 32.3 Å². The minimum atomic E-state index is -0.118. The first-order chi connectivity index (χ1) is 12.1. The highest BCUT2D eigenvalue weighted by Crippen LogP contribution is 2.17. The molecule has 2 aromatic carbocycles. The number of hydrogen-bond acceptors (Lipinski definition) is 3. The summed E-state index contributed by atoms with van der Waals surface area (Å²) in [4.78, 5) is 23.1. The highest BCUT2D eigenvalue weighted by Gasteiger charge is 2.05. The summed E-state index contributed by atoms with van der Waals surface area (Å²) >= 11 is 0. The van der Waals surface area contributed by atoms with Gasteiger partial charge in [-0.25, -0.2) is 0 Å². The molecule has 0 aliphatic heterocycles. The molecule has 0 bridgehead atoms. The molecule has 0 heterocycles. The summed E-state index contributed by atoms with van der Waals surface area (Å²) in [6.45, 7) is 4.29. The molecule has 5 heteroatoms. The van der Waals surface area contributed by atoms with Crippen molar-refractivity contribution < 1.29 is 14.3 Å². The smallest absolute Gasteiger partial charge is 0.228 e. The lowest BCUT2D eigenvalue weighted by Crippen LogP contribution is -2.14. The lowest BCUT2D eigenvalue weighted by atomic mass is 10.1. The van der Waals surface area contributed by atoms with Crippen LogP contribution < -0.4 is 15.4 Å². The third-order valence-electron chi connectivity index (χ3n) is 3.54. The predicted molar refractivity (Wildman–Crippen MR) is 99.9 cm³/mol. The van der Waals surface area contributed by atoms with E-state index in [2.05, 4.69) is 17.6 Å². The van der Waals surface area contributed by atoms with E-state index in [1.807, 2.05) is 36.4 Å². The molecular weight excluding hydrogens is 316 g/mol. The van der Waals surface area contributed by atoms with Gasteiger partial charge in [0.1, 0.15) is 5.75 Å². The molecule has 5 nitrogen and oxygen atoms in total. The molecule has 0 aromatic heterocycles. The minimum absolute atomic E-state index is 0.0908. The van der Waals surface area contributed by atoms with Gasteiger partial charge in [-0.3, -0.25) is 9.59 Å². The maximum absolute atomic E-state index is 12.1. The van der Waals surface area contributed by atoms with Crippen LogP contribution in [-0.2, 0) is 16.0 Å². The Bertz CT molecular complexity index is 694. The molecule has 0 fully saturated rings. The highest BCUT2D eigenvalue weighted by atomic mass is 16.5. The summed E-state index contributed by atoms with van der Waals surface area (Å²) in [5, 5.41) is 5.56. The minimum Gasteiger partial charge on any atom is -0.494 e. The number of benzene rings is 2. The standard InChI is InChI=1S/C20H24N2O3/c1-3-4-13-25-19-11-9-18(10-12-19)22-20(24)14-16-5-7-17(8-6-16)21-15(2)23/h5-12H,3-4,13-14H2,1-2H3,(H,21,23)(H,22,24). The zero-order valence-corrected chi connectivity index (χ0v) is 14.7. The lowest BCUT2D eigenvalue weighted by molar-refractivity contribution is -0.116. The Hall–Kier alpha value is -2.82. The second kappa shape index (κ2) is 9.47. The number of carbonyl (C=O) groups excluding carboxylic acids is 2. The molecule has 2 N–H and O–H groups in total. The van der Waals surface area contributed by atoms with Crippen molar-refractivity contribution in [1.82, 2.24) is 0 Å². The maximum Gasteiger partial charge on any atom is 0.228 e. The molecule has 0 atom stereocenters. The van der Waals surface area contributed by atoms with Gasteiger partial charge < -0.3 is 15.4 Å². The molecule has 0 spiro atoms. The molecule has 2 aromatic rings. The molecule has 0 saturated heterocycles. The first-order valence-electron chi connectivity index (χ1n) is 8.46. The first-order valence-corrected chi connectivity index (χ1v) is 8.46. The molecule has 0 aliphatic rings. The molecule has 0 aliphatic carbocycles. The van der Waals surface area contributed by atoms with E-state index in [4.69, 9.17) is 4.74 Å². The van der Waals surface area contributed by atoms with Crippen LogP contribution in [0.5, 0.6) is 5.75 Å². The van der Waals surface area contributed by atoms with Crippen molar-refractivity contribution in [2.45, 2.75) is 33.1 Å². The Labute approximate surface area is 148 Å².